The smallest absolute Gasteiger partial charge is 0.0231 e. The molecule has 0 heterocycles. The largest absolute Gasteiger partial charge is 0.0845 e. The SMILES string of the molecule is CC1=CC=CCCCC1C. The zero-order valence-corrected chi connectivity index (χ0v) is 6.93. The summed E-state index contributed by atoms with van der Waals surface area (Å²) in [4.78, 5) is 0. The molecular weight excluding hydrogens is 120 g/mol. The third kappa shape index (κ3) is 2.02. The van der Waals surface area contributed by atoms with Gasteiger partial charge in [-0.25, -0.2) is 0 Å². The molecule has 1 unspecified atom stereocenters. The van der Waals surface area contributed by atoms with E-state index >= 15 is 0 Å². The van der Waals surface area contributed by atoms with Gasteiger partial charge in [0.2, 0.25) is 0 Å². The van der Waals surface area contributed by atoms with Crippen LogP contribution in [0.4, 0.5) is 0 Å². The molecule has 0 aromatic carbocycles. The molecule has 0 saturated heterocycles. The summed E-state index contributed by atoms with van der Waals surface area (Å²) in [5.74, 6) is 0.796. The molecule has 1 aliphatic rings. The molecule has 0 radical (unpaired) electrons. The van der Waals surface area contributed by atoms with Crippen LogP contribution >= 0.6 is 0 Å². The van der Waals surface area contributed by atoms with Gasteiger partial charge in [-0.3, -0.25) is 0 Å². The van der Waals surface area contributed by atoms with Gasteiger partial charge in [0.05, 0.1) is 0 Å². The van der Waals surface area contributed by atoms with Gasteiger partial charge in [0, 0.05) is 0 Å². The van der Waals surface area contributed by atoms with Crippen LogP contribution in [0.2, 0.25) is 0 Å². The Hall–Kier alpha value is -0.520. The van der Waals surface area contributed by atoms with Crippen molar-refractivity contribution in [2.75, 3.05) is 0 Å². The average Bonchev–Trinajstić information content (AvgIpc) is 1.92. The van der Waals surface area contributed by atoms with Gasteiger partial charge in [0.25, 0.3) is 0 Å². The summed E-state index contributed by atoms with van der Waals surface area (Å²) in [5.41, 5.74) is 1.52. The van der Waals surface area contributed by atoms with E-state index in [1.54, 1.807) is 0 Å². The Morgan fingerprint density at radius 1 is 1.50 bits per heavy atom. The molecule has 1 atom stereocenters. The van der Waals surface area contributed by atoms with Crippen LogP contribution in [-0.4, -0.2) is 0 Å². The number of hydrogen-bond donors (Lipinski definition) is 0. The molecule has 0 bridgehead atoms. The predicted molar refractivity (Wildman–Crippen MR) is 45.9 cm³/mol. The summed E-state index contributed by atoms with van der Waals surface area (Å²) >= 11 is 0. The molecule has 0 aromatic heterocycles. The van der Waals surface area contributed by atoms with Crippen LogP contribution in [0.1, 0.15) is 33.1 Å². The van der Waals surface area contributed by atoms with Gasteiger partial charge in [-0.15, -0.1) is 0 Å². The van der Waals surface area contributed by atoms with Gasteiger partial charge in [0.15, 0.2) is 0 Å². The predicted octanol–water partition coefficient (Wildman–Crippen LogP) is 3.31. The van der Waals surface area contributed by atoms with Crippen LogP contribution in [0.15, 0.2) is 23.8 Å². The lowest BCUT2D eigenvalue weighted by Crippen LogP contribution is -1.96. The Balaban J connectivity index is 2.61. The van der Waals surface area contributed by atoms with Crippen molar-refractivity contribution in [3.63, 3.8) is 0 Å². The van der Waals surface area contributed by atoms with E-state index in [1.807, 2.05) is 0 Å². The maximum atomic E-state index is 2.31. The fourth-order valence-electron chi connectivity index (χ4n) is 1.25. The van der Waals surface area contributed by atoms with Crippen LogP contribution in [-0.2, 0) is 0 Å². The minimum Gasteiger partial charge on any atom is -0.0845 e. The molecule has 0 amide bonds. The Kier molecular flexibility index (Phi) is 2.73. The summed E-state index contributed by atoms with van der Waals surface area (Å²) < 4.78 is 0. The molecule has 0 heteroatoms. The maximum absolute atomic E-state index is 2.31. The van der Waals surface area contributed by atoms with E-state index in [0.29, 0.717) is 0 Å². The van der Waals surface area contributed by atoms with Crippen molar-refractivity contribution in [3.8, 4) is 0 Å². The fraction of sp³-hybridized carbons (Fsp3) is 0.600. The molecule has 1 rings (SSSR count). The molecule has 1 aliphatic carbocycles. The van der Waals surface area contributed by atoms with Crippen LogP contribution in [0, 0.1) is 5.92 Å². The van der Waals surface area contributed by atoms with E-state index in [2.05, 4.69) is 32.1 Å². The van der Waals surface area contributed by atoms with Crippen molar-refractivity contribution in [2.45, 2.75) is 33.1 Å². The van der Waals surface area contributed by atoms with Gasteiger partial charge in [-0.2, -0.15) is 0 Å². The zero-order valence-electron chi connectivity index (χ0n) is 6.93. The molecule has 10 heavy (non-hydrogen) atoms. The average molecular weight is 136 g/mol. The van der Waals surface area contributed by atoms with E-state index in [-0.39, 0.29) is 0 Å². The van der Waals surface area contributed by atoms with Gasteiger partial charge in [-0.05, 0) is 32.1 Å². The lowest BCUT2D eigenvalue weighted by atomic mass is 9.94. The van der Waals surface area contributed by atoms with Crippen molar-refractivity contribution in [1.29, 1.82) is 0 Å². The normalized spacial score (nSPS) is 27.0. The fourth-order valence-corrected chi connectivity index (χ4v) is 1.25. The monoisotopic (exact) mass is 136 g/mol. The third-order valence-corrected chi connectivity index (χ3v) is 2.28. The van der Waals surface area contributed by atoms with Gasteiger partial charge < -0.3 is 0 Å². The Labute approximate surface area is 63.6 Å². The Bertz CT molecular complexity index is 151. The van der Waals surface area contributed by atoms with Crippen molar-refractivity contribution in [2.24, 2.45) is 5.92 Å². The molecule has 0 aliphatic heterocycles. The van der Waals surface area contributed by atoms with Gasteiger partial charge in [-0.1, -0.05) is 30.7 Å². The topological polar surface area (TPSA) is 0 Å². The highest BCUT2D eigenvalue weighted by atomic mass is 14.1. The molecule has 0 N–H and O–H groups in total. The molecule has 0 saturated carbocycles. The molecule has 0 aromatic rings. The highest BCUT2D eigenvalue weighted by Gasteiger charge is 2.03. The highest BCUT2D eigenvalue weighted by molar-refractivity contribution is 5.13. The first-order chi connectivity index (χ1) is 4.80. The van der Waals surface area contributed by atoms with E-state index in [4.69, 9.17) is 0 Å². The summed E-state index contributed by atoms with van der Waals surface area (Å²) in [5, 5.41) is 0. The second-order valence-electron chi connectivity index (χ2n) is 3.17. The van der Waals surface area contributed by atoms with Gasteiger partial charge >= 0.3 is 0 Å². The summed E-state index contributed by atoms with van der Waals surface area (Å²) in [6.07, 6.45) is 10.6. The summed E-state index contributed by atoms with van der Waals surface area (Å²) in [7, 11) is 0. The second kappa shape index (κ2) is 3.60. The Morgan fingerprint density at radius 3 is 3.10 bits per heavy atom. The van der Waals surface area contributed by atoms with E-state index in [1.165, 1.54) is 24.8 Å². The van der Waals surface area contributed by atoms with E-state index in [0.717, 1.165) is 5.92 Å². The Morgan fingerprint density at radius 2 is 2.30 bits per heavy atom. The second-order valence-corrected chi connectivity index (χ2v) is 3.17. The molecule has 0 nitrogen and oxygen atoms in total. The highest BCUT2D eigenvalue weighted by Crippen LogP contribution is 2.19. The lowest BCUT2D eigenvalue weighted by Gasteiger charge is -2.12. The number of allylic oxidation sites excluding steroid dienone is 4. The molecule has 0 spiro atoms. The minimum atomic E-state index is 0.796. The van der Waals surface area contributed by atoms with Crippen LogP contribution in [0.25, 0.3) is 0 Å². The molecule has 0 fully saturated rings. The first-order valence-corrected chi connectivity index (χ1v) is 4.14. The number of hydrogen-bond acceptors (Lipinski definition) is 0. The number of rotatable bonds is 0. The lowest BCUT2D eigenvalue weighted by molar-refractivity contribution is 0.580. The van der Waals surface area contributed by atoms with Crippen molar-refractivity contribution >= 4 is 0 Å². The molecule has 56 valence electrons. The van der Waals surface area contributed by atoms with Crippen molar-refractivity contribution < 1.29 is 0 Å². The van der Waals surface area contributed by atoms with Crippen LogP contribution in [0.5, 0.6) is 0 Å². The summed E-state index contributed by atoms with van der Waals surface area (Å²) in [6, 6.07) is 0. The van der Waals surface area contributed by atoms with E-state index in [9.17, 15) is 0 Å². The van der Waals surface area contributed by atoms with Crippen molar-refractivity contribution in [3.05, 3.63) is 23.8 Å². The zero-order chi connectivity index (χ0) is 7.40. The van der Waals surface area contributed by atoms with Crippen molar-refractivity contribution in [1.82, 2.24) is 0 Å². The third-order valence-electron chi connectivity index (χ3n) is 2.28. The standard InChI is InChI=1S/C10H16/c1-9-7-5-3-4-6-8-10(9)2/h3,5,7,10H,4,6,8H2,1-2H3. The summed E-state index contributed by atoms with van der Waals surface area (Å²) in [6.45, 7) is 4.53. The first-order valence-electron chi connectivity index (χ1n) is 4.14. The van der Waals surface area contributed by atoms with Gasteiger partial charge in [0.1, 0.15) is 0 Å². The van der Waals surface area contributed by atoms with Crippen LogP contribution < -0.4 is 0 Å². The van der Waals surface area contributed by atoms with Crippen LogP contribution in [0.3, 0.4) is 0 Å². The quantitative estimate of drug-likeness (QED) is 0.479. The molecular formula is C10H16. The van der Waals surface area contributed by atoms with E-state index < -0.39 is 0 Å². The maximum Gasteiger partial charge on any atom is -0.0231 e. The minimum absolute atomic E-state index is 0.796. The first kappa shape index (κ1) is 7.59.